The first-order valence-electron chi connectivity index (χ1n) is 6.08. The largest absolute Gasteiger partial charge is 0.314 e. The Morgan fingerprint density at radius 1 is 1.14 bits per heavy atom. The second-order valence-corrected chi connectivity index (χ2v) is 5.91. The lowest BCUT2D eigenvalue weighted by molar-refractivity contribution is 0.341. The van der Waals surface area contributed by atoms with Crippen LogP contribution in [0.25, 0.3) is 0 Å². The Kier molecular flexibility index (Phi) is 6.43. The van der Waals surface area contributed by atoms with E-state index in [1.54, 1.807) is 0 Å². The van der Waals surface area contributed by atoms with Gasteiger partial charge in [-0.25, -0.2) is 0 Å². The van der Waals surface area contributed by atoms with Crippen LogP contribution in [0.1, 0.15) is 60.8 Å². The molecule has 0 heterocycles. The highest BCUT2D eigenvalue weighted by Crippen LogP contribution is 2.17. The van der Waals surface area contributed by atoms with Crippen LogP contribution in [0.15, 0.2) is 0 Å². The molecule has 2 unspecified atom stereocenters. The minimum atomic E-state index is 0.461. The van der Waals surface area contributed by atoms with Crippen molar-refractivity contribution >= 4 is 0 Å². The van der Waals surface area contributed by atoms with E-state index in [4.69, 9.17) is 0 Å². The van der Waals surface area contributed by atoms with Crippen LogP contribution in [0.2, 0.25) is 0 Å². The van der Waals surface area contributed by atoms with Crippen LogP contribution >= 0.6 is 0 Å². The Labute approximate surface area is 90.7 Å². The summed E-state index contributed by atoms with van der Waals surface area (Å²) in [5.41, 5.74) is 0.461. The van der Waals surface area contributed by atoms with Crippen molar-refractivity contribution in [3.8, 4) is 0 Å². The Hall–Kier alpha value is -0.0400. The van der Waals surface area contributed by atoms with Crippen LogP contribution in [0.4, 0.5) is 0 Å². The van der Waals surface area contributed by atoms with Gasteiger partial charge in [0.25, 0.3) is 0 Å². The molecular weight excluding hydrogens is 170 g/mol. The molecule has 0 aliphatic rings. The Morgan fingerprint density at radius 2 is 1.71 bits per heavy atom. The highest BCUT2D eigenvalue weighted by atomic mass is 14.9. The van der Waals surface area contributed by atoms with E-state index in [0.29, 0.717) is 11.5 Å². The molecule has 86 valence electrons. The van der Waals surface area contributed by atoms with E-state index in [1.165, 1.54) is 19.3 Å². The highest BCUT2D eigenvalue weighted by Gasteiger charge is 2.11. The van der Waals surface area contributed by atoms with Gasteiger partial charge in [0.15, 0.2) is 0 Å². The monoisotopic (exact) mass is 199 g/mol. The maximum absolute atomic E-state index is 3.60. The lowest BCUT2D eigenvalue weighted by atomic mass is 9.92. The summed E-state index contributed by atoms with van der Waals surface area (Å²) < 4.78 is 0. The first-order chi connectivity index (χ1) is 6.35. The van der Waals surface area contributed by atoms with Crippen molar-refractivity contribution in [1.82, 2.24) is 5.32 Å². The highest BCUT2D eigenvalue weighted by molar-refractivity contribution is 4.68. The summed E-state index contributed by atoms with van der Waals surface area (Å²) in [7, 11) is 0. The third-order valence-electron chi connectivity index (χ3n) is 2.82. The molecule has 1 heteroatoms. The van der Waals surface area contributed by atoms with Crippen molar-refractivity contribution in [3.05, 3.63) is 0 Å². The smallest absolute Gasteiger partial charge is 0.00412 e. The van der Waals surface area contributed by atoms with Crippen molar-refractivity contribution in [1.29, 1.82) is 0 Å². The molecule has 0 saturated heterocycles. The predicted octanol–water partition coefficient (Wildman–Crippen LogP) is 3.84. The molecule has 2 atom stereocenters. The van der Waals surface area contributed by atoms with E-state index >= 15 is 0 Å². The zero-order valence-corrected chi connectivity index (χ0v) is 11.0. The number of hydrogen-bond acceptors (Lipinski definition) is 1. The van der Waals surface area contributed by atoms with Gasteiger partial charge in [-0.2, -0.15) is 0 Å². The minimum absolute atomic E-state index is 0.461. The molecule has 0 radical (unpaired) electrons. The van der Waals surface area contributed by atoms with E-state index in [1.807, 2.05) is 0 Å². The first-order valence-corrected chi connectivity index (χ1v) is 6.08. The fourth-order valence-corrected chi connectivity index (χ4v) is 1.55. The van der Waals surface area contributed by atoms with Crippen molar-refractivity contribution in [2.45, 2.75) is 66.8 Å². The van der Waals surface area contributed by atoms with Gasteiger partial charge < -0.3 is 5.32 Å². The Balaban J connectivity index is 3.49. The van der Waals surface area contributed by atoms with Crippen molar-refractivity contribution in [2.24, 2.45) is 11.3 Å². The molecule has 0 spiro atoms. The zero-order valence-electron chi connectivity index (χ0n) is 11.0. The standard InChI is InChI=1S/C13H29N/c1-7-11(2)10-12(3)14-9-8-13(4,5)6/h11-12,14H,7-10H2,1-6H3. The number of nitrogens with one attached hydrogen (secondary N) is 1. The summed E-state index contributed by atoms with van der Waals surface area (Å²) in [4.78, 5) is 0. The summed E-state index contributed by atoms with van der Waals surface area (Å²) >= 11 is 0. The van der Waals surface area contributed by atoms with Gasteiger partial charge in [0, 0.05) is 6.04 Å². The summed E-state index contributed by atoms with van der Waals surface area (Å²) in [6, 6.07) is 0.673. The maximum atomic E-state index is 3.60. The van der Waals surface area contributed by atoms with E-state index in [2.05, 4.69) is 46.9 Å². The Morgan fingerprint density at radius 3 is 2.14 bits per heavy atom. The average Bonchev–Trinajstić information content (AvgIpc) is 2.01. The lowest BCUT2D eigenvalue weighted by Crippen LogP contribution is -2.30. The minimum Gasteiger partial charge on any atom is -0.314 e. The third-order valence-corrected chi connectivity index (χ3v) is 2.82. The molecule has 0 aromatic rings. The van der Waals surface area contributed by atoms with Crippen LogP contribution in [0, 0.1) is 11.3 Å². The number of rotatable bonds is 6. The quantitative estimate of drug-likeness (QED) is 0.685. The van der Waals surface area contributed by atoms with Crippen LogP contribution in [0.5, 0.6) is 0 Å². The molecule has 1 nitrogen and oxygen atoms in total. The van der Waals surface area contributed by atoms with Gasteiger partial charge in [-0.15, -0.1) is 0 Å². The van der Waals surface area contributed by atoms with Gasteiger partial charge in [-0.05, 0) is 37.6 Å². The normalized spacial score (nSPS) is 16.7. The van der Waals surface area contributed by atoms with Gasteiger partial charge in [0.1, 0.15) is 0 Å². The van der Waals surface area contributed by atoms with Gasteiger partial charge in [0.2, 0.25) is 0 Å². The first kappa shape index (κ1) is 14.0. The van der Waals surface area contributed by atoms with Crippen molar-refractivity contribution < 1.29 is 0 Å². The van der Waals surface area contributed by atoms with Crippen LogP contribution < -0.4 is 5.32 Å². The molecule has 0 aromatic carbocycles. The van der Waals surface area contributed by atoms with Gasteiger partial charge in [0.05, 0.1) is 0 Å². The predicted molar refractivity (Wildman–Crippen MR) is 65.6 cm³/mol. The van der Waals surface area contributed by atoms with Crippen LogP contribution in [-0.2, 0) is 0 Å². The van der Waals surface area contributed by atoms with Crippen molar-refractivity contribution in [3.63, 3.8) is 0 Å². The average molecular weight is 199 g/mol. The maximum Gasteiger partial charge on any atom is 0.00412 e. The summed E-state index contributed by atoms with van der Waals surface area (Å²) in [5.74, 6) is 0.854. The molecule has 0 rings (SSSR count). The SMILES string of the molecule is CCC(C)CC(C)NCCC(C)(C)C. The van der Waals surface area contributed by atoms with Crippen LogP contribution in [-0.4, -0.2) is 12.6 Å². The van der Waals surface area contributed by atoms with Gasteiger partial charge >= 0.3 is 0 Å². The topological polar surface area (TPSA) is 12.0 Å². The van der Waals surface area contributed by atoms with Gasteiger partial charge in [-0.3, -0.25) is 0 Å². The molecule has 0 amide bonds. The molecule has 0 saturated carbocycles. The molecule has 0 aliphatic carbocycles. The molecule has 14 heavy (non-hydrogen) atoms. The second-order valence-electron chi connectivity index (χ2n) is 5.91. The molecule has 1 N–H and O–H groups in total. The molecular formula is C13H29N. The fourth-order valence-electron chi connectivity index (χ4n) is 1.55. The van der Waals surface area contributed by atoms with E-state index < -0.39 is 0 Å². The van der Waals surface area contributed by atoms with E-state index in [0.717, 1.165) is 12.5 Å². The molecule has 0 bridgehead atoms. The summed E-state index contributed by atoms with van der Waals surface area (Å²) in [5, 5.41) is 3.60. The van der Waals surface area contributed by atoms with E-state index in [-0.39, 0.29) is 0 Å². The van der Waals surface area contributed by atoms with Crippen molar-refractivity contribution in [2.75, 3.05) is 6.54 Å². The molecule has 0 fully saturated rings. The number of hydrogen-bond donors (Lipinski definition) is 1. The van der Waals surface area contributed by atoms with Crippen LogP contribution in [0.3, 0.4) is 0 Å². The third kappa shape index (κ3) is 8.55. The summed E-state index contributed by atoms with van der Waals surface area (Å²) in [6.45, 7) is 15.0. The summed E-state index contributed by atoms with van der Waals surface area (Å²) in [6.07, 6.45) is 3.86. The van der Waals surface area contributed by atoms with Gasteiger partial charge in [-0.1, -0.05) is 41.0 Å². The Bertz CT molecular complexity index is 135. The van der Waals surface area contributed by atoms with E-state index in [9.17, 15) is 0 Å². The lowest BCUT2D eigenvalue weighted by Gasteiger charge is -2.22. The fraction of sp³-hybridized carbons (Fsp3) is 1.00. The molecule has 0 aliphatic heterocycles. The molecule has 0 aromatic heterocycles. The second kappa shape index (κ2) is 6.44. The zero-order chi connectivity index (χ0) is 11.2.